The van der Waals surface area contributed by atoms with Crippen LogP contribution in [0.15, 0.2) is 22.9 Å². The molecule has 0 radical (unpaired) electrons. The zero-order valence-corrected chi connectivity index (χ0v) is 9.33. The first-order valence-electron chi connectivity index (χ1n) is 4.55. The molecule has 4 heteroatoms. The average molecular weight is 215 g/mol. The Hall–Kier alpha value is -0.870. The molecule has 1 aromatic heterocycles. The number of hydrogen-bond acceptors (Lipinski definition) is 3. The van der Waals surface area contributed by atoms with Gasteiger partial charge in [-0.2, -0.15) is 11.3 Å². The fourth-order valence-electron chi connectivity index (χ4n) is 0.724. The smallest absolute Gasteiger partial charge is 0.320 e. The van der Waals surface area contributed by atoms with Gasteiger partial charge in [-0.15, -0.1) is 0 Å². The Bertz CT molecular complexity index is 219. The minimum atomic E-state index is -0.913. The van der Waals surface area contributed by atoms with Crippen LogP contribution in [0.25, 0.3) is 0 Å². The van der Waals surface area contributed by atoms with Gasteiger partial charge in [0.25, 0.3) is 0 Å². The molecule has 0 aromatic carbocycles. The Morgan fingerprint density at radius 2 is 2.00 bits per heavy atom. The molecule has 0 aliphatic heterocycles. The number of thiophene rings is 1. The fraction of sp³-hybridized carbons (Fsp3) is 0.500. The molecule has 3 N–H and O–H groups in total. The zero-order valence-electron chi connectivity index (χ0n) is 8.51. The van der Waals surface area contributed by atoms with Crippen molar-refractivity contribution in [2.24, 2.45) is 11.7 Å². The minimum absolute atomic E-state index is 0.0718. The molecule has 0 aliphatic carbocycles. The summed E-state index contributed by atoms with van der Waals surface area (Å²) in [6, 6.07) is 3.34. The number of hydrogen-bond donors (Lipinski definition) is 2. The average Bonchev–Trinajstić information content (AvgIpc) is 2.73. The van der Waals surface area contributed by atoms with Gasteiger partial charge >= 0.3 is 5.97 Å². The maximum Gasteiger partial charge on any atom is 0.320 e. The highest BCUT2D eigenvalue weighted by atomic mass is 32.1. The highest BCUT2D eigenvalue weighted by molar-refractivity contribution is 7.07. The molecule has 3 nitrogen and oxygen atoms in total. The second-order valence-corrected chi connectivity index (χ2v) is 3.86. The molecule has 0 aliphatic rings. The van der Waals surface area contributed by atoms with E-state index in [9.17, 15) is 4.79 Å². The SMILES string of the molecule is CC[C@H](C)[C@H](N)C(=O)O.c1ccsc1. The van der Waals surface area contributed by atoms with Gasteiger partial charge in [-0.05, 0) is 16.7 Å². The lowest BCUT2D eigenvalue weighted by molar-refractivity contribution is -0.139. The van der Waals surface area contributed by atoms with E-state index < -0.39 is 12.0 Å². The van der Waals surface area contributed by atoms with E-state index in [0.717, 1.165) is 6.42 Å². The molecule has 0 saturated heterocycles. The number of carboxylic acid groups (broad SMARTS) is 1. The molecule has 0 unspecified atom stereocenters. The second-order valence-electron chi connectivity index (χ2n) is 3.04. The summed E-state index contributed by atoms with van der Waals surface area (Å²) in [6.07, 6.45) is 0.813. The Morgan fingerprint density at radius 3 is 2.14 bits per heavy atom. The van der Waals surface area contributed by atoms with Crippen LogP contribution in [0.1, 0.15) is 20.3 Å². The van der Waals surface area contributed by atoms with Crippen molar-refractivity contribution in [1.82, 2.24) is 0 Å². The first kappa shape index (κ1) is 13.1. The molecule has 1 heterocycles. The van der Waals surface area contributed by atoms with Gasteiger partial charge in [-0.1, -0.05) is 32.4 Å². The van der Waals surface area contributed by atoms with Crippen LogP contribution in [-0.2, 0) is 4.79 Å². The van der Waals surface area contributed by atoms with Crippen LogP contribution >= 0.6 is 11.3 Å². The van der Waals surface area contributed by atoms with E-state index in [0.29, 0.717) is 0 Å². The molecule has 2 atom stereocenters. The van der Waals surface area contributed by atoms with Crippen LogP contribution in [0.2, 0.25) is 0 Å². The summed E-state index contributed by atoms with van der Waals surface area (Å²) in [5, 5.41) is 12.4. The normalized spacial score (nSPS) is 13.6. The predicted octanol–water partition coefficient (Wildman–Crippen LogP) is 2.19. The molecule has 80 valence electrons. The standard InChI is InChI=1S/C6H13NO2.C4H4S/c1-3-4(2)5(7)6(8)9;1-2-4-5-3-1/h4-5H,3,7H2,1-2H3,(H,8,9);1-4H/t4-,5-;/m0./s1. The number of aliphatic carboxylic acids is 1. The molecular weight excluding hydrogens is 198 g/mol. The van der Waals surface area contributed by atoms with E-state index in [-0.39, 0.29) is 5.92 Å². The first-order valence-corrected chi connectivity index (χ1v) is 5.49. The first-order chi connectivity index (χ1) is 6.59. The highest BCUT2D eigenvalue weighted by Gasteiger charge is 2.17. The Morgan fingerprint density at radius 1 is 1.50 bits per heavy atom. The third-order valence-electron chi connectivity index (χ3n) is 1.97. The van der Waals surface area contributed by atoms with Crippen molar-refractivity contribution in [2.45, 2.75) is 26.3 Å². The molecule has 1 rings (SSSR count). The van der Waals surface area contributed by atoms with Gasteiger partial charge in [0.15, 0.2) is 0 Å². The number of nitrogens with two attached hydrogens (primary N) is 1. The summed E-state index contributed by atoms with van der Waals surface area (Å²) in [4.78, 5) is 10.2. The molecule has 1 aromatic rings. The van der Waals surface area contributed by atoms with Gasteiger partial charge in [-0.3, -0.25) is 4.79 Å². The van der Waals surface area contributed by atoms with Gasteiger partial charge in [0.1, 0.15) is 6.04 Å². The lowest BCUT2D eigenvalue weighted by atomic mass is 10.0. The molecule has 0 fully saturated rings. The molecule has 0 spiro atoms. The summed E-state index contributed by atoms with van der Waals surface area (Å²) in [5.41, 5.74) is 5.27. The van der Waals surface area contributed by atoms with E-state index in [2.05, 4.69) is 0 Å². The van der Waals surface area contributed by atoms with Gasteiger partial charge in [-0.25, -0.2) is 0 Å². The Balaban J connectivity index is 0.000000280. The maximum atomic E-state index is 10.2. The molecule has 0 bridgehead atoms. The van der Waals surface area contributed by atoms with Crippen molar-refractivity contribution in [3.8, 4) is 0 Å². The Labute approximate surface area is 88.6 Å². The van der Waals surface area contributed by atoms with Crippen LogP contribution in [0.4, 0.5) is 0 Å². The van der Waals surface area contributed by atoms with Crippen molar-refractivity contribution in [3.05, 3.63) is 22.9 Å². The van der Waals surface area contributed by atoms with Crippen LogP contribution in [0.3, 0.4) is 0 Å². The van der Waals surface area contributed by atoms with E-state index in [1.807, 2.05) is 36.7 Å². The molecule has 0 saturated carbocycles. The van der Waals surface area contributed by atoms with Crippen molar-refractivity contribution in [1.29, 1.82) is 0 Å². The monoisotopic (exact) mass is 215 g/mol. The lowest BCUT2D eigenvalue weighted by Gasteiger charge is -2.11. The van der Waals surface area contributed by atoms with E-state index in [4.69, 9.17) is 10.8 Å². The van der Waals surface area contributed by atoms with Crippen LogP contribution < -0.4 is 5.73 Å². The van der Waals surface area contributed by atoms with Gasteiger partial charge in [0, 0.05) is 0 Å². The lowest BCUT2D eigenvalue weighted by Crippen LogP contribution is -2.36. The van der Waals surface area contributed by atoms with E-state index in [1.54, 1.807) is 11.3 Å². The summed E-state index contributed by atoms with van der Waals surface area (Å²) >= 11 is 1.71. The third kappa shape index (κ3) is 5.72. The number of rotatable bonds is 3. The van der Waals surface area contributed by atoms with Crippen molar-refractivity contribution < 1.29 is 9.90 Å². The quantitative estimate of drug-likeness (QED) is 0.812. The summed E-state index contributed by atoms with van der Waals surface area (Å²) in [5.74, 6) is -0.841. The maximum absolute atomic E-state index is 10.2. The van der Waals surface area contributed by atoms with Crippen LogP contribution in [0.5, 0.6) is 0 Å². The van der Waals surface area contributed by atoms with E-state index in [1.165, 1.54) is 0 Å². The van der Waals surface area contributed by atoms with Crippen LogP contribution in [-0.4, -0.2) is 17.1 Å². The van der Waals surface area contributed by atoms with Crippen LogP contribution in [0, 0.1) is 5.92 Å². The predicted molar refractivity (Wildman–Crippen MR) is 59.4 cm³/mol. The second kappa shape index (κ2) is 7.53. The summed E-state index contributed by atoms with van der Waals surface area (Å²) in [6.45, 7) is 3.76. The fourth-order valence-corrected chi connectivity index (χ4v) is 1.18. The summed E-state index contributed by atoms with van der Waals surface area (Å²) in [7, 11) is 0. The molecule has 0 amide bonds. The Kier molecular flexibility index (Phi) is 7.06. The van der Waals surface area contributed by atoms with Gasteiger partial charge < -0.3 is 10.8 Å². The van der Waals surface area contributed by atoms with Crippen molar-refractivity contribution in [3.63, 3.8) is 0 Å². The van der Waals surface area contributed by atoms with E-state index >= 15 is 0 Å². The van der Waals surface area contributed by atoms with Crippen molar-refractivity contribution in [2.75, 3.05) is 0 Å². The zero-order chi connectivity index (χ0) is 11.0. The largest absolute Gasteiger partial charge is 0.480 e. The summed E-state index contributed by atoms with van der Waals surface area (Å²) < 4.78 is 0. The van der Waals surface area contributed by atoms with Gasteiger partial charge in [0.05, 0.1) is 0 Å². The minimum Gasteiger partial charge on any atom is -0.480 e. The molecule has 14 heavy (non-hydrogen) atoms. The number of carboxylic acids is 1. The highest BCUT2D eigenvalue weighted by Crippen LogP contribution is 2.04. The third-order valence-corrected chi connectivity index (χ3v) is 2.60. The number of carbonyl (C=O) groups is 1. The van der Waals surface area contributed by atoms with Crippen molar-refractivity contribution >= 4 is 17.3 Å². The van der Waals surface area contributed by atoms with Gasteiger partial charge in [0.2, 0.25) is 0 Å². The molecular formula is C10H17NO2S. The topological polar surface area (TPSA) is 63.3 Å².